The molecule has 322 valence electrons. The van der Waals surface area contributed by atoms with Crippen molar-refractivity contribution < 1.29 is 38.0 Å². The van der Waals surface area contributed by atoms with Gasteiger partial charge in [-0.2, -0.15) is 0 Å². The Hall–Kier alpha value is -4.04. The minimum atomic E-state index is -0.404. The van der Waals surface area contributed by atoms with E-state index in [9.17, 15) is 9.59 Å². The van der Waals surface area contributed by atoms with Gasteiger partial charge in [-0.05, 0) is 106 Å². The second-order valence-electron chi connectivity index (χ2n) is 15.4. The van der Waals surface area contributed by atoms with Crippen LogP contribution < -0.4 is 18.9 Å². The second-order valence-corrected chi connectivity index (χ2v) is 15.4. The Kier molecular flexibility index (Phi) is 26.6. The van der Waals surface area contributed by atoms with Crippen LogP contribution in [0.4, 0.5) is 0 Å². The van der Waals surface area contributed by atoms with Crippen molar-refractivity contribution in [1.82, 2.24) is 0 Å². The maximum absolute atomic E-state index is 12.8. The van der Waals surface area contributed by atoms with E-state index in [0.717, 1.165) is 87.6 Å². The number of methoxy groups -OCH3 is 1. The van der Waals surface area contributed by atoms with Crippen molar-refractivity contribution in [2.75, 3.05) is 40.1 Å². The molecule has 3 aromatic carbocycles. The fourth-order valence-electron chi connectivity index (χ4n) is 6.72. The molecule has 0 radical (unpaired) electrons. The summed E-state index contributed by atoms with van der Waals surface area (Å²) < 4.78 is 34.5. The van der Waals surface area contributed by atoms with Crippen LogP contribution in [0.15, 0.2) is 66.7 Å². The molecule has 0 atom stereocenters. The average Bonchev–Trinajstić information content (AvgIpc) is 3.23. The van der Waals surface area contributed by atoms with Crippen LogP contribution >= 0.6 is 0 Å². The predicted molar refractivity (Wildman–Crippen MR) is 235 cm³/mol. The van der Waals surface area contributed by atoms with Crippen molar-refractivity contribution in [1.29, 1.82) is 0 Å². The van der Waals surface area contributed by atoms with E-state index in [-0.39, 0.29) is 5.78 Å². The Bertz CT molecular complexity index is 1490. The van der Waals surface area contributed by atoms with Gasteiger partial charge in [0.05, 0.1) is 32.0 Å². The first-order valence-electron chi connectivity index (χ1n) is 22.6. The molecule has 0 spiro atoms. The maximum atomic E-state index is 12.8. The van der Waals surface area contributed by atoms with Gasteiger partial charge in [-0.1, -0.05) is 116 Å². The molecule has 8 nitrogen and oxygen atoms in total. The number of hydrogen-bond donors (Lipinski definition) is 0. The quantitative estimate of drug-likeness (QED) is 0.0326. The van der Waals surface area contributed by atoms with Gasteiger partial charge in [0.2, 0.25) is 0 Å². The third-order valence-electron chi connectivity index (χ3n) is 10.3. The van der Waals surface area contributed by atoms with E-state index in [0.29, 0.717) is 36.7 Å². The van der Waals surface area contributed by atoms with Gasteiger partial charge in [-0.3, -0.25) is 4.79 Å². The molecule has 0 heterocycles. The zero-order chi connectivity index (χ0) is 41.3. The first kappa shape index (κ1) is 48.3. The number of rotatable bonds is 36. The van der Waals surface area contributed by atoms with Crippen molar-refractivity contribution in [3.63, 3.8) is 0 Å². The largest absolute Gasteiger partial charge is 0.494 e. The minimum Gasteiger partial charge on any atom is -0.494 e. The van der Waals surface area contributed by atoms with Crippen molar-refractivity contribution in [2.24, 2.45) is 0 Å². The second kappa shape index (κ2) is 31.9. The molecule has 58 heavy (non-hydrogen) atoms. The van der Waals surface area contributed by atoms with E-state index in [4.69, 9.17) is 28.4 Å². The third kappa shape index (κ3) is 22.8. The molecule has 0 saturated carbocycles. The normalized spacial score (nSPS) is 11.0. The van der Waals surface area contributed by atoms with Crippen LogP contribution in [-0.2, 0) is 9.47 Å². The number of benzene rings is 3. The molecule has 0 bridgehead atoms. The average molecular weight is 803 g/mol. The van der Waals surface area contributed by atoms with E-state index < -0.39 is 5.97 Å². The summed E-state index contributed by atoms with van der Waals surface area (Å²) in [5.41, 5.74) is 0.839. The van der Waals surface area contributed by atoms with Crippen LogP contribution in [0.5, 0.6) is 28.7 Å². The summed E-state index contributed by atoms with van der Waals surface area (Å²) in [7, 11) is 1.77. The molecule has 0 N–H and O–H groups in total. The first-order valence-corrected chi connectivity index (χ1v) is 22.6. The van der Waals surface area contributed by atoms with Crippen molar-refractivity contribution in [3.8, 4) is 28.7 Å². The summed E-state index contributed by atoms with van der Waals surface area (Å²) in [4.78, 5) is 24.8. The van der Waals surface area contributed by atoms with Crippen LogP contribution in [0, 0.1) is 0 Å². The molecule has 0 fully saturated rings. The standard InChI is InChI=1S/C50H74O8/c1-4-5-6-7-17-24-37-56-49-40-43(42(2)51)39-44(41-49)50(52)57-38-25-20-15-11-10-14-19-23-36-55-46-28-32-48(33-29-46)58-47-30-26-45(27-31-47)54-35-22-18-13-9-8-12-16-21-34-53-3/h26-33,39-41H,4-25,34-38H2,1-3H3. The van der Waals surface area contributed by atoms with Gasteiger partial charge >= 0.3 is 5.97 Å². The van der Waals surface area contributed by atoms with Crippen LogP contribution in [0.2, 0.25) is 0 Å². The van der Waals surface area contributed by atoms with Crippen LogP contribution in [0.3, 0.4) is 0 Å². The van der Waals surface area contributed by atoms with Gasteiger partial charge in [-0.15, -0.1) is 0 Å². The van der Waals surface area contributed by atoms with Crippen LogP contribution in [-0.4, -0.2) is 51.9 Å². The molecule has 0 aromatic heterocycles. The highest BCUT2D eigenvalue weighted by atomic mass is 16.5. The highest BCUT2D eigenvalue weighted by molar-refractivity contribution is 5.98. The Morgan fingerprint density at radius 1 is 0.414 bits per heavy atom. The lowest BCUT2D eigenvalue weighted by molar-refractivity contribution is 0.0497. The molecule has 8 heteroatoms. The monoisotopic (exact) mass is 803 g/mol. The molecule has 0 saturated heterocycles. The van der Waals surface area contributed by atoms with Gasteiger partial charge in [0.15, 0.2) is 5.78 Å². The lowest BCUT2D eigenvalue weighted by Gasteiger charge is -2.11. The summed E-state index contributed by atoms with van der Waals surface area (Å²) >= 11 is 0. The van der Waals surface area contributed by atoms with Crippen LogP contribution in [0.1, 0.15) is 176 Å². The van der Waals surface area contributed by atoms with E-state index in [2.05, 4.69) is 6.92 Å². The molecular weight excluding hydrogens is 729 g/mol. The zero-order valence-corrected chi connectivity index (χ0v) is 36.2. The third-order valence-corrected chi connectivity index (χ3v) is 10.3. The minimum absolute atomic E-state index is 0.0977. The Morgan fingerprint density at radius 3 is 1.21 bits per heavy atom. The lowest BCUT2D eigenvalue weighted by atomic mass is 10.1. The molecule has 0 unspecified atom stereocenters. The van der Waals surface area contributed by atoms with Gasteiger partial charge in [0, 0.05) is 19.3 Å². The SMILES string of the molecule is CCCCCCCCOc1cc(C(C)=O)cc(C(=O)OCCCCCCCCCCOc2ccc(Oc3ccc(OCCCCCCCCCCOC)cc3)cc2)c1. The number of ketones is 1. The molecule has 3 rings (SSSR count). The van der Waals surface area contributed by atoms with Gasteiger partial charge in [0.25, 0.3) is 0 Å². The van der Waals surface area contributed by atoms with Crippen molar-refractivity contribution >= 4 is 11.8 Å². The first-order chi connectivity index (χ1) is 28.5. The van der Waals surface area contributed by atoms with Crippen molar-refractivity contribution in [2.45, 2.75) is 155 Å². The molecule has 0 aliphatic carbocycles. The molecule has 3 aromatic rings. The smallest absolute Gasteiger partial charge is 0.338 e. The summed E-state index contributed by atoms with van der Waals surface area (Å²) in [5.74, 6) is 3.33. The Labute approximate surface area is 350 Å². The molecule has 0 aliphatic rings. The number of carbonyl (C=O) groups is 2. The predicted octanol–water partition coefficient (Wildman–Crippen LogP) is 13.9. The highest BCUT2D eigenvalue weighted by Crippen LogP contribution is 2.26. The number of ether oxygens (including phenoxy) is 6. The summed E-state index contributed by atoms with van der Waals surface area (Å²) in [6.07, 6.45) is 25.7. The Balaban J connectivity index is 1.16. The number of unbranched alkanes of at least 4 members (excludes halogenated alkanes) is 19. The fourth-order valence-corrected chi connectivity index (χ4v) is 6.72. The number of Topliss-reactive ketones (excluding diaryl/α,β-unsaturated/α-hetero) is 1. The lowest BCUT2D eigenvalue weighted by Crippen LogP contribution is -2.09. The van der Waals surface area contributed by atoms with Crippen LogP contribution in [0.25, 0.3) is 0 Å². The topological polar surface area (TPSA) is 89.5 Å². The van der Waals surface area contributed by atoms with Gasteiger partial charge in [0.1, 0.15) is 28.7 Å². The van der Waals surface area contributed by atoms with E-state index in [1.54, 1.807) is 25.3 Å². The van der Waals surface area contributed by atoms with E-state index in [1.807, 2.05) is 48.5 Å². The van der Waals surface area contributed by atoms with Gasteiger partial charge in [-0.25, -0.2) is 4.79 Å². The number of hydrogen-bond acceptors (Lipinski definition) is 8. The fraction of sp³-hybridized carbons (Fsp3) is 0.600. The Morgan fingerprint density at radius 2 is 0.776 bits per heavy atom. The summed E-state index contributed by atoms with van der Waals surface area (Å²) in [6, 6.07) is 20.6. The maximum Gasteiger partial charge on any atom is 0.338 e. The van der Waals surface area contributed by atoms with E-state index in [1.165, 1.54) is 96.8 Å². The summed E-state index contributed by atoms with van der Waals surface area (Å²) in [5, 5.41) is 0. The zero-order valence-electron chi connectivity index (χ0n) is 36.2. The summed E-state index contributed by atoms with van der Waals surface area (Å²) in [6.45, 7) is 6.99. The number of carbonyl (C=O) groups excluding carboxylic acids is 2. The van der Waals surface area contributed by atoms with E-state index >= 15 is 0 Å². The van der Waals surface area contributed by atoms with Crippen molar-refractivity contribution in [3.05, 3.63) is 77.9 Å². The highest BCUT2D eigenvalue weighted by Gasteiger charge is 2.13. The molecule has 0 amide bonds. The number of esters is 1. The molecule has 0 aliphatic heterocycles. The molecular formula is C50H74O8. The van der Waals surface area contributed by atoms with Gasteiger partial charge < -0.3 is 28.4 Å².